The van der Waals surface area contributed by atoms with Crippen LogP contribution in [0.2, 0.25) is 0 Å². The molecule has 4 rings (SSSR count). The number of rotatable bonds is 8. The Morgan fingerprint density at radius 2 is 1.90 bits per heavy atom. The standard InChI is InChI=1S/C22H30N2O5/c1-27-18-10-9-15(11-19(18)29-16-5-3-4-6-16)21(26)23-17-12-20(25)24(22(17)28-2)13-14-7-8-14/h9-11,14,16-17,22H,3-8,12-13H2,1-2H3,(H,23,26)/t17-,22?/m0/s1. The van der Waals surface area contributed by atoms with Crippen LogP contribution >= 0.6 is 0 Å². The number of hydrogen-bond donors (Lipinski definition) is 1. The van der Waals surface area contributed by atoms with Gasteiger partial charge in [-0.1, -0.05) is 0 Å². The predicted molar refractivity (Wildman–Crippen MR) is 107 cm³/mol. The van der Waals surface area contributed by atoms with Crippen LogP contribution in [0, 0.1) is 5.92 Å². The lowest BCUT2D eigenvalue weighted by Gasteiger charge is -2.27. The lowest BCUT2D eigenvalue weighted by atomic mass is 10.1. The number of nitrogens with zero attached hydrogens (tertiary/aromatic N) is 1. The molecule has 1 heterocycles. The lowest BCUT2D eigenvalue weighted by Crippen LogP contribution is -2.46. The molecule has 0 bridgehead atoms. The minimum absolute atomic E-state index is 0.0361. The average molecular weight is 402 g/mol. The molecule has 1 aliphatic heterocycles. The van der Waals surface area contributed by atoms with Crippen LogP contribution in [0.3, 0.4) is 0 Å². The third kappa shape index (κ3) is 4.50. The van der Waals surface area contributed by atoms with Gasteiger partial charge in [-0.2, -0.15) is 0 Å². The molecular formula is C22H30N2O5. The number of amides is 2. The third-order valence-electron chi connectivity index (χ3n) is 6.10. The molecule has 1 N–H and O–H groups in total. The van der Waals surface area contributed by atoms with Gasteiger partial charge in [-0.15, -0.1) is 0 Å². The SMILES string of the molecule is COc1ccc(C(=O)N[C@H]2CC(=O)N(CC3CC3)C2OC)cc1OC1CCCC1. The zero-order valence-electron chi connectivity index (χ0n) is 17.2. The number of hydrogen-bond acceptors (Lipinski definition) is 5. The van der Waals surface area contributed by atoms with Crippen molar-refractivity contribution >= 4 is 11.8 Å². The molecule has 0 spiro atoms. The smallest absolute Gasteiger partial charge is 0.251 e. The van der Waals surface area contributed by atoms with Gasteiger partial charge in [-0.25, -0.2) is 0 Å². The van der Waals surface area contributed by atoms with Crippen molar-refractivity contribution in [2.75, 3.05) is 20.8 Å². The van der Waals surface area contributed by atoms with Gasteiger partial charge in [0.05, 0.1) is 25.7 Å². The summed E-state index contributed by atoms with van der Waals surface area (Å²) in [5.41, 5.74) is 0.488. The summed E-state index contributed by atoms with van der Waals surface area (Å²) in [7, 11) is 3.18. The summed E-state index contributed by atoms with van der Waals surface area (Å²) in [6.45, 7) is 0.714. The number of likely N-dealkylation sites (tertiary alicyclic amines) is 1. The van der Waals surface area contributed by atoms with Crippen molar-refractivity contribution in [3.05, 3.63) is 23.8 Å². The summed E-state index contributed by atoms with van der Waals surface area (Å²) in [4.78, 5) is 27.1. The van der Waals surface area contributed by atoms with E-state index in [9.17, 15) is 9.59 Å². The van der Waals surface area contributed by atoms with Crippen LogP contribution in [0.5, 0.6) is 11.5 Å². The Balaban J connectivity index is 1.45. The zero-order valence-corrected chi connectivity index (χ0v) is 17.2. The molecule has 7 nitrogen and oxygen atoms in total. The first-order chi connectivity index (χ1) is 14.1. The zero-order chi connectivity index (χ0) is 20.4. The molecule has 2 saturated carbocycles. The topological polar surface area (TPSA) is 77.1 Å². The Bertz CT molecular complexity index is 758. The van der Waals surface area contributed by atoms with Crippen molar-refractivity contribution in [3.63, 3.8) is 0 Å². The first-order valence-electron chi connectivity index (χ1n) is 10.6. The average Bonchev–Trinajstić information content (AvgIpc) is 3.30. The fourth-order valence-corrected chi connectivity index (χ4v) is 4.31. The quantitative estimate of drug-likeness (QED) is 0.724. The van der Waals surface area contributed by atoms with E-state index < -0.39 is 6.23 Å². The maximum Gasteiger partial charge on any atom is 0.251 e. The number of carbonyl (C=O) groups excluding carboxylic acids is 2. The molecule has 3 fully saturated rings. The van der Waals surface area contributed by atoms with Gasteiger partial charge in [-0.3, -0.25) is 9.59 Å². The summed E-state index contributed by atoms with van der Waals surface area (Å²) in [6, 6.07) is 4.84. The van der Waals surface area contributed by atoms with Crippen molar-refractivity contribution in [3.8, 4) is 11.5 Å². The summed E-state index contributed by atoms with van der Waals surface area (Å²) in [5, 5.41) is 2.99. The highest BCUT2D eigenvalue weighted by Crippen LogP contribution is 2.34. The molecule has 7 heteroatoms. The Morgan fingerprint density at radius 3 is 2.55 bits per heavy atom. The van der Waals surface area contributed by atoms with Crippen LogP contribution in [-0.4, -0.2) is 55.9 Å². The van der Waals surface area contributed by atoms with Gasteiger partial charge in [0.15, 0.2) is 17.7 Å². The second kappa shape index (κ2) is 8.61. The van der Waals surface area contributed by atoms with Crippen molar-refractivity contribution in [2.45, 2.75) is 63.3 Å². The Hall–Kier alpha value is -2.28. The molecule has 1 aromatic carbocycles. The van der Waals surface area contributed by atoms with Gasteiger partial charge < -0.3 is 24.4 Å². The summed E-state index contributed by atoms with van der Waals surface area (Å²) >= 11 is 0. The molecule has 29 heavy (non-hydrogen) atoms. The molecule has 2 atom stereocenters. The molecule has 0 aromatic heterocycles. The minimum Gasteiger partial charge on any atom is -0.493 e. The molecule has 1 saturated heterocycles. The molecule has 2 aliphatic carbocycles. The van der Waals surface area contributed by atoms with E-state index in [2.05, 4.69) is 5.32 Å². The number of benzene rings is 1. The van der Waals surface area contributed by atoms with E-state index >= 15 is 0 Å². The van der Waals surface area contributed by atoms with E-state index in [1.165, 1.54) is 12.8 Å². The number of methoxy groups -OCH3 is 2. The summed E-state index contributed by atoms with van der Waals surface area (Å²) in [5.74, 6) is 1.58. The third-order valence-corrected chi connectivity index (χ3v) is 6.10. The minimum atomic E-state index is -0.417. The molecule has 2 amide bonds. The highest BCUT2D eigenvalue weighted by atomic mass is 16.5. The molecule has 158 valence electrons. The fraction of sp³-hybridized carbons (Fsp3) is 0.636. The molecule has 3 aliphatic rings. The van der Waals surface area contributed by atoms with Crippen LogP contribution < -0.4 is 14.8 Å². The predicted octanol–water partition coefficient (Wildman–Crippen LogP) is 2.73. The normalized spacial score (nSPS) is 24.8. The van der Waals surface area contributed by atoms with Gasteiger partial charge in [-0.05, 0) is 62.6 Å². The van der Waals surface area contributed by atoms with Crippen LogP contribution in [0.25, 0.3) is 0 Å². The number of nitrogens with one attached hydrogen (secondary N) is 1. The molecular weight excluding hydrogens is 372 g/mol. The summed E-state index contributed by atoms with van der Waals surface area (Å²) in [6.07, 6.45) is 6.71. The van der Waals surface area contributed by atoms with Crippen molar-refractivity contribution in [1.29, 1.82) is 0 Å². The van der Waals surface area contributed by atoms with Gasteiger partial charge in [0, 0.05) is 19.2 Å². The fourth-order valence-electron chi connectivity index (χ4n) is 4.31. The summed E-state index contributed by atoms with van der Waals surface area (Å²) < 4.78 is 17.1. The molecule has 1 aromatic rings. The monoisotopic (exact) mass is 402 g/mol. The second-order valence-electron chi connectivity index (χ2n) is 8.29. The van der Waals surface area contributed by atoms with E-state index in [4.69, 9.17) is 14.2 Å². The lowest BCUT2D eigenvalue weighted by molar-refractivity contribution is -0.135. The van der Waals surface area contributed by atoms with Crippen LogP contribution in [0.15, 0.2) is 18.2 Å². The Morgan fingerprint density at radius 1 is 1.14 bits per heavy atom. The van der Waals surface area contributed by atoms with Crippen molar-refractivity contribution in [1.82, 2.24) is 10.2 Å². The van der Waals surface area contributed by atoms with Crippen LogP contribution in [0.1, 0.15) is 55.3 Å². The highest BCUT2D eigenvalue weighted by molar-refractivity contribution is 5.95. The number of ether oxygens (including phenoxy) is 3. The maximum atomic E-state index is 12.9. The Kier molecular flexibility index (Phi) is 5.94. The van der Waals surface area contributed by atoms with E-state index in [1.807, 2.05) is 0 Å². The van der Waals surface area contributed by atoms with Crippen molar-refractivity contribution < 1.29 is 23.8 Å². The van der Waals surface area contributed by atoms with Crippen LogP contribution in [-0.2, 0) is 9.53 Å². The van der Waals surface area contributed by atoms with E-state index in [0.29, 0.717) is 29.5 Å². The van der Waals surface area contributed by atoms with E-state index in [0.717, 1.165) is 25.7 Å². The first-order valence-corrected chi connectivity index (χ1v) is 10.6. The van der Waals surface area contributed by atoms with Gasteiger partial charge in [0.2, 0.25) is 5.91 Å². The van der Waals surface area contributed by atoms with Gasteiger partial charge >= 0.3 is 0 Å². The van der Waals surface area contributed by atoms with Crippen molar-refractivity contribution in [2.24, 2.45) is 5.92 Å². The van der Waals surface area contributed by atoms with E-state index in [1.54, 1.807) is 37.3 Å². The molecule has 0 radical (unpaired) electrons. The number of carbonyl (C=O) groups is 2. The second-order valence-corrected chi connectivity index (χ2v) is 8.29. The molecule has 1 unspecified atom stereocenters. The van der Waals surface area contributed by atoms with Gasteiger partial charge in [0.25, 0.3) is 5.91 Å². The van der Waals surface area contributed by atoms with Gasteiger partial charge in [0.1, 0.15) is 0 Å². The maximum absolute atomic E-state index is 12.9. The van der Waals surface area contributed by atoms with Crippen LogP contribution in [0.4, 0.5) is 0 Å². The largest absolute Gasteiger partial charge is 0.493 e. The highest BCUT2D eigenvalue weighted by Gasteiger charge is 2.43. The first kappa shape index (κ1) is 20.0. The van der Waals surface area contributed by atoms with E-state index in [-0.39, 0.29) is 30.4 Å². The Labute approximate surface area is 171 Å².